The quantitative estimate of drug-likeness (QED) is 0.867. The molecule has 1 fully saturated rings. The van der Waals surface area contributed by atoms with Crippen molar-refractivity contribution < 1.29 is 9.69 Å². The van der Waals surface area contributed by atoms with Gasteiger partial charge in [0, 0.05) is 0 Å². The van der Waals surface area contributed by atoms with E-state index in [0.717, 1.165) is 32.4 Å². The summed E-state index contributed by atoms with van der Waals surface area (Å²) in [6.07, 6.45) is 3.45. The number of nitrogens with zero attached hydrogens (tertiary/aromatic N) is 1. The number of rotatable bonds is 5. The molecule has 0 spiro atoms. The molecule has 2 heterocycles. The zero-order chi connectivity index (χ0) is 17.6. The maximum Gasteiger partial charge on any atom is 0.283 e. The van der Waals surface area contributed by atoms with E-state index in [1.165, 1.54) is 21.8 Å². The summed E-state index contributed by atoms with van der Waals surface area (Å²) in [6, 6.07) is 14.4. The third-order valence-electron chi connectivity index (χ3n) is 5.14. The number of anilines is 1. The van der Waals surface area contributed by atoms with E-state index >= 15 is 0 Å². The topological polar surface area (TPSA) is 57.3 Å². The number of carbonyl (C=O) groups is 1. The van der Waals surface area contributed by atoms with Gasteiger partial charge in [0.1, 0.15) is 11.1 Å². The van der Waals surface area contributed by atoms with Gasteiger partial charge in [-0.15, -0.1) is 11.3 Å². The molecule has 0 bridgehead atoms. The number of hydrogen-bond donors (Lipinski definition) is 2. The Labute approximate surface area is 153 Å². The zero-order valence-corrected chi connectivity index (χ0v) is 15.3. The van der Waals surface area contributed by atoms with Gasteiger partial charge in [0.25, 0.3) is 5.91 Å². The van der Waals surface area contributed by atoms with E-state index in [1.54, 1.807) is 6.07 Å². The molecule has 2 N–H and O–H groups in total. The second-order valence-electron chi connectivity index (χ2n) is 6.78. The number of quaternary nitrogens is 1. The van der Waals surface area contributed by atoms with Gasteiger partial charge in [-0.3, -0.25) is 4.79 Å². The summed E-state index contributed by atoms with van der Waals surface area (Å²) in [5, 5.41) is 14.5. The van der Waals surface area contributed by atoms with Crippen LogP contribution in [0.4, 0.5) is 5.00 Å². The monoisotopic (exact) mass is 354 g/mol. The molecule has 25 heavy (non-hydrogen) atoms. The largest absolute Gasteiger partial charge is 0.325 e. The Morgan fingerprint density at radius 1 is 1.32 bits per heavy atom. The number of nitriles is 1. The number of nitrogens with one attached hydrogen (secondary N) is 2. The van der Waals surface area contributed by atoms with Crippen LogP contribution in [0.3, 0.4) is 0 Å². The van der Waals surface area contributed by atoms with Crippen LogP contribution in [0.25, 0.3) is 0 Å². The number of likely N-dealkylation sites (tertiary alicyclic amines) is 1. The minimum Gasteiger partial charge on any atom is -0.325 e. The third-order valence-corrected chi connectivity index (χ3v) is 5.97. The van der Waals surface area contributed by atoms with Gasteiger partial charge in [0.2, 0.25) is 0 Å². The van der Waals surface area contributed by atoms with Crippen LogP contribution in [-0.2, 0) is 11.2 Å². The summed E-state index contributed by atoms with van der Waals surface area (Å²) in [4.78, 5) is 13.9. The van der Waals surface area contributed by atoms with E-state index < -0.39 is 0 Å². The maximum absolute atomic E-state index is 12.5. The average Bonchev–Trinajstić information content (AvgIpc) is 3.09. The van der Waals surface area contributed by atoms with Crippen molar-refractivity contribution in [3.05, 3.63) is 52.9 Å². The lowest BCUT2D eigenvalue weighted by molar-refractivity contribution is -0.919. The summed E-state index contributed by atoms with van der Waals surface area (Å²) in [6.45, 7) is 4.05. The molecule has 1 saturated heterocycles. The lowest BCUT2D eigenvalue weighted by Gasteiger charge is -2.32. The van der Waals surface area contributed by atoms with Crippen LogP contribution >= 0.6 is 11.3 Å². The first-order valence-electron chi connectivity index (χ1n) is 8.84. The van der Waals surface area contributed by atoms with Crippen molar-refractivity contribution in [3.8, 4) is 6.07 Å². The molecular weight excluding hydrogens is 330 g/mol. The highest BCUT2D eigenvalue weighted by Crippen LogP contribution is 2.22. The Morgan fingerprint density at radius 2 is 2.04 bits per heavy atom. The van der Waals surface area contributed by atoms with Crippen molar-refractivity contribution >= 4 is 22.2 Å². The van der Waals surface area contributed by atoms with E-state index in [4.69, 9.17) is 5.26 Å². The Morgan fingerprint density at radius 3 is 2.72 bits per heavy atom. The molecule has 130 valence electrons. The predicted molar refractivity (Wildman–Crippen MR) is 101 cm³/mol. The Kier molecular flexibility index (Phi) is 5.85. The fraction of sp³-hybridized carbons (Fsp3) is 0.400. The summed E-state index contributed by atoms with van der Waals surface area (Å²) in [5.74, 6) is 0.722. The smallest absolute Gasteiger partial charge is 0.283 e. The van der Waals surface area contributed by atoms with Gasteiger partial charge >= 0.3 is 0 Å². The first kappa shape index (κ1) is 17.7. The van der Waals surface area contributed by atoms with Crippen molar-refractivity contribution in [3.63, 3.8) is 0 Å². The first-order chi connectivity index (χ1) is 12.2. The molecule has 3 rings (SSSR count). The molecule has 1 aliphatic rings. The SMILES string of the molecule is C[C@@H](C(=O)Nc1sccc1C#N)[NH+]1CCC(Cc2ccccc2)CC1. The normalized spacial score (nSPS) is 21.3. The van der Waals surface area contributed by atoms with Gasteiger partial charge in [-0.05, 0) is 49.1 Å². The third kappa shape index (κ3) is 4.47. The van der Waals surface area contributed by atoms with E-state index in [0.29, 0.717) is 16.5 Å². The molecule has 0 radical (unpaired) electrons. The van der Waals surface area contributed by atoms with E-state index in [-0.39, 0.29) is 11.9 Å². The first-order valence-corrected chi connectivity index (χ1v) is 9.72. The van der Waals surface area contributed by atoms with Crippen LogP contribution < -0.4 is 10.2 Å². The van der Waals surface area contributed by atoms with Crippen LogP contribution in [-0.4, -0.2) is 25.0 Å². The molecule has 0 saturated carbocycles. The number of amides is 1. The molecule has 0 aliphatic carbocycles. The number of hydrogen-bond acceptors (Lipinski definition) is 3. The van der Waals surface area contributed by atoms with Crippen molar-refractivity contribution in [2.45, 2.75) is 32.2 Å². The standard InChI is InChI=1S/C20H23N3OS/c1-15(19(24)22-20-18(14-21)9-12-25-20)23-10-7-17(8-11-23)13-16-5-3-2-4-6-16/h2-6,9,12,15,17H,7-8,10-11,13H2,1H3,(H,22,24)/p+1/t15-/m0/s1. The molecule has 2 aromatic rings. The summed E-state index contributed by atoms with van der Waals surface area (Å²) >= 11 is 1.40. The molecule has 5 heteroatoms. The molecule has 1 atom stereocenters. The highest BCUT2D eigenvalue weighted by Gasteiger charge is 2.30. The second-order valence-corrected chi connectivity index (χ2v) is 7.69. The van der Waals surface area contributed by atoms with Crippen LogP contribution in [0.15, 0.2) is 41.8 Å². The van der Waals surface area contributed by atoms with Gasteiger partial charge in [0.05, 0.1) is 18.7 Å². The summed E-state index contributed by atoms with van der Waals surface area (Å²) in [5.41, 5.74) is 1.95. The Balaban J connectivity index is 1.50. The van der Waals surface area contributed by atoms with Gasteiger partial charge in [-0.25, -0.2) is 0 Å². The van der Waals surface area contributed by atoms with E-state index in [9.17, 15) is 4.79 Å². The number of thiophene rings is 1. The second kappa shape index (κ2) is 8.28. The van der Waals surface area contributed by atoms with Gasteiger partial charge in [-0.2, -0.15) is 5.26 Å². The maximum atomic E-state index is 12.5. The van der Waals surface area contributed by atoms with Crippen molar-refractivity contribution in [1.82, 2.24) is 0 Å². The van der Waals surface area contributed by atoms with Crippen LogP contribution in [0.5, 0.6) is 0 Å². The fourth-order valence-corrected chi connectivity index (χ4v) is 4.27. The van der Waals surface area contributed by atoms with Crippen molar-refractivity contribution in [1.29, 1.82) is 5.26 Å². The van der Waals surface area contributed by atoms with E-state index in [1.807, 2.05) is 12.3 Å². The van der Waals surface area contributed by atoms with Crippen LogP contribution in [0, 0.1) is 17.2 Å². The molecule has 4 nitrogen and oxygen atoms in total. The lowest BCUT2D eigenvalue weighted by Crippen LogP contribution is -3.17. The fourth-order valence-electron chi connectivity index (χ4n) is 3.53. The van der Waals surface area contributed by atoms with Crippen molar-refractivity contribution in [2.75, 3.05) is 18.4 Å². The number of carbonyl (C=O) groups excluding carboxylic acids is 1. The van der Waals surface area contributed by atoms with Gasteiger partial charge in [-0.1, -0.05) is 30.3 Å². The lowest BCUT2D eigenvalue weighted by atomic mass is 9.89. The summed E-state index contributed by atoms with van der Waals surface area (Å²) in [7, 11) is 0. The van der Waals surface area contributed by atoms with Crippen LogP contribution in [0.1, 0.15) is 30.9 Å². The Hall–Kier alpha value is -2.16. The predicted octanol–water partition coefficient (Wildman–Crippen LogP) is 2.48. The van der Waals surface area contributed by atoms with Gasteiger partial charge < -0.3 is 10.2 Å². The van der Waals surface area contributed by atoms with Gasteiger partial charge in [0.15, 0.2) is 6.04 Å². The van der Waals surface area contributed by atoms with E-state index in [2.05, 4.69) is 41.7 Å². The molecule has 0 unspecified atom stereocenters. The molecule has 1 aromatic carbocycles. The number of piperidine rings is 1. The molecule has 1 amide bonds. The van der Waals surface area contributed by atoms with Crippen molar-refractivity contribution in [2.24, 2.45) is 5.92 Å². The molecule has 1 aliphatic heterocycles. The molecule has 1 aromatic heterocycles. The minimum absolute atomic E-state index is 0.00968. The minimum atomic E-state index is -0.0914. The molecular formula is C20H24N3OS+. The zero-order valence-electron chi connectivity index (χ0n) is 14.5. The summed E-state index contributed by atoms with van der Waals surface area (Å²) < 4.78 is 0. The number of benzene rings is 1. The average molecular weight is 354 g/mol. The highest BCUT2D eigenvalue weighted by molar-refractivity contribution is 7.14. The highest BCUT2D eigenvalue weighted by atomic mass is 32.1. The van der Waals surface area contributed by atoms with Crippen LogP contribution in [0.2, 0.25) is 0 Å². The Bertz CT molecular complexity index is 742.